The number of rotatable bonds is 4. The molecule has 0 unspecified atom stereocenters. The van der Waals surface area contributed by atoms with Crippen LogP contribution in [0.5, 0.6) is 0 Å². The summed E-state index contributed by atoms with van der Waals surface area (Å²) in [5, 5.41) is 4.22. The van der Waals surface area contributed by atoms with Crippen LogP contribution in [0.3, 0.4) is 0 Å². The van der Waals surface area contributed by atoms with Crippen molar-refractivity contribution >= 4 is 39.2 Å². The summed E-state index contributed by atoms with van der Waals surface area (Å²) in [6.45, 7) is 0.864. The molecule has 0 N–H and O–H groups in total. The van der Waals surface area contributed by atoms with Crippen molar-refractivity contribution in [1.82, 2.24) is 0 Å². The Morgan fingerprint density at radius 2 is 2.24 bits per heavy atom. The van der Waals surface area contributed by atoms with Crippen LogP contribution in [0.25, 0.3) is 0 Å². The molecule has 17 heavy (non-hydrogen) atoms. The lowest BCUT2D eigenvalue weighted by molar-refractivity contribution is 0.112. The van der Waals surface area contributed by atoms with E-state index < -0.39 is 0 Å². The van der Waals surface area contributed by atoms with Crippen molar-refractivity contribution in [3.05, 3.63) is 50.6 Å². The van der Waals surface area contributed by atoms with Gasteiger partial charge in [-0.25, -0.2) is 0 Å². The third kappa shape index (κ3) is 2.96. The number of carbonyl (C=O) groups is 1. The molecule has 0 amide bonds. The van der Waals surface area contributed by atoms with Crippen LogP contribution >= 0.6 is 27.3 Å². The highest BCUT2D eigenvalue weighted by Gasteiger charge is 2.07. The normalized spacial score (nSPS) is 10.2. The summed E-state index contributed by atoms with van der Waals surface area (Å²) in [5.74, 6) is 0. The van der Waals surface area contributed by atoms with Gasteiger partial charge in [-0.15, -0.1) is 0 Å². The molecule has 2 nitrogen and oxygen atoms in total. The summed E-state index contributed by atoms with van der Waals surface area (Å²) in [4.78, 5) is 12.8. The SMILES string of the molecule is CN(Cc1ccsc1)c1ccc(C=O)cc1Br. The summed E-state index contributed by atoms with van der Waals surface area (Å²) < 4.78 is 0.944. The van der Waals surface area contributed by atoms with Crippen LogP contribution in [0, 0.1) is 0 Å². The summed E-state index contributed by atoms with van der Waals surface area (Å²) in [6.07, 6.45) is 0.855. The largest absolute Gasteiger partial charge is 0.369 e. The fraction of sp³-hybridized carbons (Fsp3) is 0.154. The molecule has 0 aliphatic heterocycles. The highest BCUT2D eigenvalue weighted by atomic mass is 79.9. The van der Waals surface area contributed by atoms with E-state index in [-0.39, 0.29) is 0 Å². The van der Waals surface area contributed by atoms with Gasteiger partial charge in [-0.3, -0.25) is 4.79 Å². The first-order valence-electron chi connectivity index (χ1n) is 5.17. The van der Waals surface area contributed by atoms with Gasteiger partial charge in [0.25, 0.3) is 0 Å². The molecule has 1 aromatic carbocycles. The zero-order valence-corrected chi connectivity index (χ0v) is 11.8. The first-order chi connectivity index (χ1) is 8.20. The Bertz CT molecular complexity index is 510. The van der Waals surface area contributed by atoms with Crippen LogP contribution < -0.4 is 4.90 Å². The van der Waals surface area contributed by atoms with Crippen molar-refractivity contribution in [2.24, 2.45) is 0 Å². The molecule has 0 aliphatic rings. The molecule has 0 radical (unpaired) electrons. The van der Waals surface area contributed by atoms with E-state index in [0.717, 1.165) is 23.0 Å². The lowest BCUT2D eigenvalue weighted by Gasteiger charge is -2.20. The van der Waals surface area contributed by atoms with Gasteiger partial charge in [-0.1, -0.05) is 0 Å². The van der Waals surface area contributed by atoms with Crippen LogP contribution in [0.2, 0.25) is 0 Å². The minimum atomic E-state index is 0.685. The van der Waals surface area contributed by atoms with E-state index in [0.29, 0.717) is 5.56 Å². The first kappa shape index (κ1) is 12.3. The predicted octanol–water partition coefficient (Wildman–Crippen LogP) is 3.96. The fourth-order valence-electron chi connectivity index (χ4n) is 1.65. The summed E-state index contributed by atoms with van der Waals surface area (Å²) in [5.41, 5.74) is 3.07. The van der Waals surface area contributed by atoms with Crippen molar-refractivity contribution in [3.63, 3.8) is 0 Å². The number of carbonyl (C=O) groups excluding carboxylic acids is 1. The lowest BCUT2D eigenvalue weighted by Crippen LogP contribution is -2.16. The number of anilines is 1. The van der Waals surface area contributed by atoms with Gasteiger partial charge in [0.1, 0.15) is 6.29 Å². The van der Waals surface area contributed by atoms with E-state index >= 15 is 0 Å². The molecule has 88 valence electrons. The average molecular weight is 310 g/mol. The van der Waals surface area contributed by atoms with E-state index in [2.05, 4.69) is 37.7 Å². The Morgan fingerprint density at radius 3 is 2.82 bits per heavy atom. The molecule has 2 rings (SSSR count). The Hall–Kier alpha value is -1.13. The molecule has 1 heterocycles. The van der Waals surface area contributed by atoms with Gasteiger partial charge < -0.3 is 4.90 Å². The van der Waals surface area contributed by atoms with E-state index in [9.17, 15) is 4.79 Å². The molecule has 0 fully saturated rings. The number of aldehydes is 1. The maximum absolute atomic E-state index is 10.7. The minimum absolute atomic E-state index is 0.685. The lowest BCUT2D eigenvalue weighted by atomic mass is 10.2. The van der Waals surface area contributed by atoms with Crippen molar-refractivity contribution in [3.8, 4) is 0 Å². The van der Waals surface area contributed by atoms with Gasteiger partial charge in [0, 0.05) is 23.6 Å². The molecule has 2 aromatic rings. The quantitative estimate of drug-likeness (QED) is 0.797. The van der Waals surface area contributed by atoms with Crippen LogP contribution in [-0.4, -0.2) is 13.3 Å². The van der Waals surface area contributed by atoms with Crippen LogP contribution in [-0.2, 0) is 6.54 Å². The Morgan fingerprint density at radius 1 is 1.41 bits per heavy atom. The standard InChI is InChI=1S/C13H12BrNOS/c1-15(7-11-4-5-17-9-11)13-3-2-10(8-16)6-12(13)14/h2-6,8-9H,7H2,1H3. The van der Waals surface area contributed by atoms with E-state index in [1.807, 2.05) is 25.2 Å². The highest BCUT2D eigenvalue weighted by Crippen LogP contribution is 2.27. The van der Waals surface area contributed by atoms with Gasteiger partial charge in [-0.2, -0.15) is 11.3 Å². The predicted molar refractivity (Wildman–Crippen MR) is 76.0 cm³/mol. The molecule has 1 aromatic heterocycles. The highest BCUT2D eigenvalue weighted by molar-refractivity contribution is 9.10. The van der Waals surface area contributed by atoms with Gasteiger partial charge >= 0.3 is 0 Å². The topological polar surface area (TPSA) is 20.3 Å². The van der Waals surface area contributed by atoms with Gasteiger partial charge in [-0.05, 0) is 56.5 Å². The van der Waals surface area contributed by atoms with Gasteiger partial charge in [0.2, 0.25) is 0 Å². The van der Waals surface area contributed by atoms with Crippen LogP contribution in [0.15, 0.2) is 39.5 Å². The van der Waals surface area contributed by atoms with Crippen molar-refractivity contribution in [2.45, 2.75) is 6.54 Å². The number of hydrogen-bond donors (Lipinski definition) is 0. The molecular weight excluding hydrogens is 298 g/mol. The molecule has 0 aliphatic carbocycles. The Balaban J connectivity index is 2.19. The smallest absolute Gasteiger partial charge is 0.150 e. The third-order valence-corrected chi connectivity index (χ3v) is 3.89. The van der Waals surface area contributed by atoms with E-state index in [4.69, 9.17) is 0 Å². The molecule has 0 spiro atoms. The number of hydrogen-bond acceptors (Lipinski definition) is 3. The number of nitrogens with zero attached hydrogens (tertiary/aromatic N) is 1. The number of thiophene rings is 1. The summed E-state index contributed by atoms with van der Waals surface area (Å²) in [7, 11) is 2.04. The van der Waals surface area contributed by atoms with E-state index in [1.54, 1.807) is 11.3 Å². The van der Waals surface area contributed by atoms with Crippen molar-refractivity contribution in [2.75, 3.05) is 11.9 Å². The molecule has 0 atom stereocenters. The average Bonchev–Trinajstić information content (AvgIpc) is 2.81. The summed E-state index contributed by atoms with van der Waals surface area (Å²) >= 11 is 5.20. The zero-order chi connectivity index (χ0) is 12.3. The van der Waals surface area contributed by atoms with E-state index in [1.165, 1.54) is 5.56 Å². The van der Waals surface area contributed by atoms with Crippen molar-refractivity contribution in [1.29, 1.82) is 0 Å². The molecule has 0 saturated carbocycles. The number of halogens is 1. The van der Waals surface area contributed by atoms with Crippen molar-refractivity contribution < 1.29 is 4.79 Å². The monoisotopic (exact) mass is 309 g/mol. The second-order valence-corrected chi connectivity index (χ2v) is 5.45. The second kappa shape index (κ2) is 5.47. The second-order valence-electron chi connectivity index (χ2n) is 3.82. The van der Waals surface area contributed by atoms with Crippen LogP contribution in [0.1, 0.15) is 15.9 Å². The maximum atomic E-state index is 10.7. The fourth-order valence-corrected chi connectivity index (χ4v) is 3.01. The first-order valence-corrected chi connectivity index (χ1v) is 6.91. The molecule has 4 heteroatoms. The van der Waals surface area contributed by atoms with Gasteiger partial charge in [0.05, 0.1) is 5.69 Å². The molecule has 0 bridgehead atoms. The molecule has 0 saturated heterocycles. The third-order valence-electron chi connectivity index (χ3n) is 2.52. The summed E-state index contributed by atoms with van der Waals surface area (Å²) in [6, 6.07) is 7.75. The Kier molecular flexibility index (Phi) is 3.97. The zero-order valence-electron chi connectivity index (χ0n) is 9.39. The molecular formula is C13H12BrNOS. The maximum Gasteiger partial charge on any atom is 0.150 e. The Labute approximate surface area is 113 Å². The van der Waals surface area contributed by atoms with Gasteiger partial charge in [0.15, 0.2) is 0 Å². The number of benzene rings is 1. The van der Waals surface area contributed by atoms with Crippen LogP contribution in [0.4, 0.5) is 5.69 Å². The minimum Gasteiger partial charge on any atom is -0.369 e.